The van der Waals surface area contributed by atoms with Gasteiger partial charge >= 0.3 is 0 Å². The molecule has 0 bridgehead atoms. The van der Waals surface area contributed by atoms with Gasteiger partial charge in [-0.2, -0.15) is 0 Å². The number of aromatic nitrogens is 1. The highest BCUT2D eigenvalue weighted by Crippen LogP contribution is 2.31. The maximum absolute atomic E-state index is 5.54. The van der Waals surface area contributed by atoms with Gasteiger partial charge in [-0.25, -0.2) is 4.98 Å². The van der Waals surface area contributed by atoms with Crippen LogP contribution in [0.4, 0.5) is 17.2 Å². The first-order valence-corrected chi connectivity index (χ1v) is 5.43. The van der Waals surface area contributed by atoms with Crippen LogP contribution in [-0.2, 0) is 0 Å². The molecule has 0 fully saturated rings. The van der Waals surface area contributed by atoms with Crippen LogP contribution in [-0.4, -0.2) is 19.2 Å². The van der Waals surface area contributed by atoms with Gasteiger partial charge in [0.05, 0.1) is 31.8 Å². The number of benzene rings is 1. The highest BCUT2D eigenvalue weighted by atomic mass is 16.5. The zero-order chi connectivity index (χ0) is 13.0. The maximum atomic E-state index is 5.54. The summed E-state index contributed by atoms with van der Waals surface area (Å²) in [4.78, 5) is 4.02. The molecule has 5 nitrogen and oxygen atoms in total. The van der Waals surface area contributed by atoms with Gasteiger partial charge in [-0.3, -0.25) is 0 Å². The summed E-state index contributed by atoms with van der Waals surface area (Å²) >= 11 is 0. The molecule has 2 aromatic rings. The molecule has 0 saturated heterocycles. The molecule has 94 valence electrons. The van der Waals surface area contributed by atoms with Gasteiger partial charge in [-0.15, -0.1) is 0 Å². The minimum absolute atomic E-state index is 0.484. The molecule has 0 spiro atoms. The Morgan fingerprint density at radius 3 is 2.56 bits per heavy atom. The highest BCUT2D eigenvalue weighted by Gasteiger charge is 2.05. The predicted octanol–water partition coefficient (Wildman–Crippen LogP) is 2.42. The number of methoxy groups -OCH3 is 2. The number of hydrogen-bond donors (Lipinski definition) is 2. The van der Waals surface area contributed by atoms with E-state index in [1.165, 1.54) is 0 Å². The number of hydrogen-bond acceptors (Lipinski definition) is 5. The lowest BCUT2D eigenvalue weighted by Gasteiger charge is -2.12. The number of nitrogens with one attached hydrogen (secondary N) is 1. The first-order valence-electron chi connectivity index (χ1n) is 5.43. The molecule has 1 heterocycles. The van der Waals surface area contributed by atoms with Crippen molar-refractivity contribution in [2.45, 2.75) is 0 Å². The molecule has 0 radical (unpaired) electrons. The van der Waals surface area contributed by atoms with Crippen molar-refractivity contribution in [3.05, 3.63) is 36.5 Å². The molecule has 3 N–H and O–H groups in total. The van der Waals surface area contributed by atoms with Crippen LogP contribution >= 0.6 is 0 Å². The Morgan fingerprint density at radius 1 is 1.11 bits per heavy atom. The largest absolute Gasteiger partial charge is 0.497 e. The summed E-state index contributed by atoms with van der Waals surface area (Å²) in [6.07, 6.45) is 1.66. The molecule has 18 heavy (non-hydrogen) atoms. The number of pyridine rings is 1. The second-order valence-electron chi connectivity index (χ2n) is 3.66. The van der Waals surface area contributed by atoms with E-state index < -0.39 is 0 Å². The molecule has 0 aliphatic heterocycles. The van der Waals surface area contributed by atoms with Gasteiger partial charge in [-0.05, 0) is 24.3 Å². The van der Waals surface area contributed by atoms with E-state index in [2.05, 4.69) is 10.3 Å². The summed E-state index contributed by atoms with van der Waals surface area (Å²) in [5, 5.41) is 3.20. The highest BCUT2D eigenvalue weighted by molar-refractivity contribution is 5.68. The summed E-state index contributed by atoms with van der Waals surface area (Å²) in [6.45, 7) is 0. The van der Waals surface area contributed by atoms with Crippen molar-refractivity contribution in [3.63, 3.8) is 0 Å². The normalized spacial score (nSPS) is 9.89. The second kappa shape index (κ2) is 5.27. The Kier molecular flexibility index (Phi) is 3.52. The predicted molar refractivity (Wildman–Crippen MR) is 71.5 cm³/mol. The summed E-state index contributed by atoms with van der Waals surface area (Å²) in [5.41, 5.74) is 7.18. The SMILES string of the molecule is COc1ccc(OC)c(Nc2ccc(N)nc2)c1. The number of anilines is 3. The second-order valence-corrected chi connectivity index (χ2v) is 3.66. The van der Waals surface area contributed by atoms with Gasteiger partial charge in [0.2, 0.25) is 0 Å². The quantitative estimate of drug-likeness (QED) is 0.865. The number of nitrogens with two attached hydrogens (primary N) is 1. The minimum Gasteiger partial charge on any atom is -0.497 e. The third-order valence-corrected chi connectivity index (χ3v) is 2.47. The van der Waals surface area contributed by atoms with E-state index >= 15 is 0 Å². The monoisotopic (exact) mass is 245 g/mol. The number of nitrogen functional groups attached to an aromatic ring is 1. The minimum atomic E-state index is 0.484. The molecule has 1 aromatic carbocycles. The van der Waals surface area contributed by atoms with Crippen LogP contribution in [0.15, 0.2) is 36.5 Å². The summed E-state index contributed by atoms with van der Waals surface area (Å²) in [7, 11) is 3.24. The first kappa shape index (κ1) is 12.0. The smallest absolute Gasteiger partial charge is 0.142 e. The topological polar surface area (TPSA) is 69.4 Å². The number of nitrogens with zero attached hydrogens (tertiary/aromatic N) is 1. The van der Waals surface area contributed by atoms with Gasteiger partial charge in [0.1, 0.15) is 17.3 Å². The fourth-order valence-electron chi connectivity index (χ4n) is 1.55. The molecule has 0 unspecified atom stereocenters. The average Bonchev–Trinajstić information content (AvgIpc) is 2.41. The fraction of sp³-hybridized carbons (Fsp3) is 0.154. The van der Waals surface area contributed by atoms with Crippen molar-refractivity contribution >= 4 is 17.2 Å². The van der Waals surface area contributed by atoms with Gasteiger partial charge in [0.25, 0.3) is 0 Å². The third-order valence-electron chi connectivity index (χ3n) is 2.47. The van der Waals surface area contributed by atoms with Crippen LogP contribution < -0.4 is 20.5 Å². The zero-order valence-corrected chi connectivity index (χ0v) is 10.3. The molecule has 1 aromatic heterocycles. The van der Waals surface area contributed by atoms with Crippen molar-refractivity contribution in [1.82, 2.24) is 4.98 Å². The van der Waals surface area contributed by atoms with E-state index in [-0.39, 0.29) is 0 Å². The molecule has 0 amide bonds. The Bertz CT molecular complexity index is 526. The summed E-state index contributed by atoms with van der Waals surface area (Å²) in [5.74, 6) is 1.97. The summed E-state index contributed by atoms with van der Waals surface area (Å²) < 4.78 is 10.5. The maximum Gasteiger partial charge on any atom is 0.142 e. The molecule has 5 heteroatoms. The van der Waals surface area contributed by atoms with E-state index in [1.807, 2.05) is 24.3 Å². The summed E-state index contributed by atoms with van der Waals surface area (Å²) in [6, 6.07) is 9.11. The van der Waals surface area contributed by atoms with E-state index in [0.29, 0.717) is 5.82 Å². The zero-order valence-electron chi connectivity index (χ0n) is 10.3. The Morgan fingerprint density at radius 2 is 1.94 bits per heavy atom. The van der Waals surface area contributed by atoms with Crippen molar-refractivity contribution in [1.29, 1.82) is 0 Å². The van der Waals surface area contributed by atoms with Crippen LogP contribution in [0.1, 0.15) is 0 Å². The number of ether oxygens (including phenoxy) is 2. The van der Waals surface area contributed by atoms with Gasteiger partial charge in [0.15, 0.2) is 0 Å². The van der Waals surface area contributed by atoms with Crippen molar-refractivity contribution in [3.8, 4) is 11.5 Å². The van der Waals surface area contributed by atoms with Crippen LogP contribution in [0, 0.1) is 0 Å². The number of rotatable bonds is 4. The van der Waals surface area contributed by atoms with Crippen molar-refractivity contribution in [2.24, 2.45) is 0 Å². The Balaban J connectivity index is 2.29. The lowest BCUT2D eigenvalue weighted by atomic mass is 10.2. The van der Waals surface area contributed by atoms with E-state index in [1.54, 1.807) is 26.5 Å². The van der Waals surface area contributed by atoms with Gasteiger partial charge in [0, 0.05) is 6.07 Å². The van der Waals surface area contributed by atoms with E-state index in [0.717, 1.165) is 22.9 Å². The van der Waals surface area contributed by atoms with Crippen LogP contribution in [0.25, 0.3) is 0 Å². The van der Waals surface area contributed by atoms with Crippen LogP contribution in [0.3, 0.4) is 0 Å². The average molecular weight is 245 g/mol. The molecule has 0 aliphatic carbocycles. The third kappa shape index (κ3) is 2.63. The molecule has 0 atom stereocenters. The van der Waals surface area contributed by atoms with Gasteiger partial charge < -0.3 is 20.5 Å². The first-order chi connectivity index (χ1) is 8.72. The van der Waals surface area contributed by atoms with Crippen LogP contribution in [0.2, 0.25) is 0 Å². The van der Waals surface area contributed by atoms with Crippen LogP contribution in [0.5, 0.6) is 11.5 Å². The van der Waals surface area contributed by atoms with Crippen molar-refractivity contribution in [2.75, 3.05) is 25.3 Å². The molecule has 2 rings (SSSR count). The standard InChI is InChI=1S/C13H15N3O2/c1-17-10-4-5-12(18-2)11(7-10)16-9-3-6-13(14)15-8-9/h3-8,16H,1-2H3,(H2,14,15). The van der Waals surface area contributed by atoms with Gasteiger partial charge in [-0.1, -0.05) is 0 Å². The van der Waals surface area contributed by atoms with E-state index in [4.69, 9.17) is 15.2 Å². The fourth-order valence-corrected chi connectivity index (χ4v) is 1.55. The molecule has 0 saturated carbocycles. The lowest BCUT2D eigenvalue weighted by Crippen LogP contribution is -1.97. The van der Waals surface area contributed by atoms with Crippen molar-refractivity contribution < 1.29 is 9.47 Å². The Hall–Kier alpha value is -2.43. The lowest BCUT2D eigenvalue weighted by molar-refractivity contribution is 0.405. The molecular formula is C13H15N3O2. The molecule has 0 aliphatic rings. The Labute approximate surface area is 106 Å². The molecular weight excluding hydrogens is 230 g/mol. The van der Waals surface area contributed by atoms with E-state index in [9.17, 15) is 0 Å².